The molecule has 25 heavy (non-hydrogen) atoms. The number of carbonyl (C=O) groups is 1. The number of ether oxygens (including phenoxy) is 2. The fourth-order valence-corrected chi connectivity index (χ4v) is 2.46. The highest BCUT2D eigenvalue weighted by Crippen LogP contribution is 2.31. The van der Waals surface area contributed by atoms with E-state index in [-0.39, 0.29) is 5.91 Å². The van der Waals surface area contributed by atoms with E-state index in [0.29, 0.717) is 35.4 Å². The zero-order chi connectivity index (χ0) is 18.2. The van der Waals surface area contributed by atoms with Gasteiger partial charge < -0.3 is 20.1 Å². The first-order valence-electron chi connectivity index (χ1n) is 8.26. The predicted octanol–water partition coefficient (Wildman–Crippen LogP) is 4.58. The fraction of sp³-hybridized carbons (Fsp3) is 0.316. The quantitative estimate of drug-likeness (QED) is 0.721. The summed E-state index contributed by atoms with van der Waals surface area (Å²) in [6.45, 7) is 6.72. The average Bonchev–Trinajstić information content (AvgIpc) is 2.57. The van der Waals surface area contributed by atoms with Crippen LogP contribution < -0.4 is 20.1 Å². The Labute approximate surface area is 153 Å². The van der Waals surface area contributed by atoms with Gasteiger partial charge in [-0.1, -0.05) is 17.7 Å². The van der Waals surface area contributed by atoms with E-state index in [1.807, 2.05) is 32.0 Å². The van der Waals surface area contributed by atoms with Crippen LogP contribution >= 0.6 is 11.6 Å². The Morgan fingerprint density at radius 1 is 1.04 bits per heavy atom. The second-order valence-corrected chi connectivity index (χ2v) is 5.83. The van der Waals surface area contributed by atoms with Crippen molar-refractivity contribution in [2.75, 3.05) is 23.8 Å². The van der Waals surface area contributed by atoms with Crippen molar-refractivity contribution < 1.29 is 14.3 Å². The lowest BCUT2D eigenvalue weighted by Gasteiger charge is -2.17. The zero-order valence-electron chi connectivity index (χ0n) is 14.6. The highest BCUT2D eigenvalue weighted by Gasteiger charge is 2.14. The van der Waals surface area contributed by atoms with Crippen LogP contribution in [0, 0.1) is 0 Å². The summed E-state index contributed by atoms with van der Waals surface area (Å²) in [7, 11) is 0. The number of nitrogens with one attached hydrogen (secondary N) is 2. The summed E-state index contributed by atoms with van der Waals surface area (Å²) >= 11 is 5.93. The Balaban J connectivity index is 2.04. The number of benzene rings is 2. The molecule has 0 radical (unpaired) electrons. The molecular formula is C19H23ClN2O3. The molecule has 5 nitrogen and oxygen atoms in total. The van der Waals surface area contributed by atoms with Crippen molar-refractivity contribution in [2.45, 2.75) is 26.8 Å². The summed E-state index contributed by atoms with van der Waals surface area (Å²) in [5, 5.41) is 6.57. The van der Waals surface area contributed by atoms with Crippen LogP contribution in [-0.2, 0) is 4.79 Å². The van der Waals surface area contributed by atoms with Crippen LogP contribution in [-0.4, -0.2) is 25.2 Å². The van der Waals surface area contributed by atoms with Gasteiger partial charge in [0.1, 0.15) is 6.04 Å². The molecule has 0 bridgehead atoms. The lowest BCUT2D eigenvalue weighted by Crippen LogP contribution is -2.31. The van der Waals surface area contributed by atoms with Gasteiger partial charge in [0.15, 0.2) is 11.5 Å². The monoisotopic (exact) mass is 362 g/mol. The SMILES string of the molecule is CCOc1ccc(N[C@@H](C)C(=O)Nc2cccc(Cl)c2)cc1OCC. The van der Waals surface area contributed by atoms with Gasteiger partial charge in [-0.25, -0.2) is 0 Å². The molecule has 0 saturated heterocycles. The Hall–Kier alpha value is -2.40. The van der Waals surface area contributed by atoms with E-state index < -0.39 is 6.04 Å². The fourth-order valence-electron chi connectivity index (χ4n) is 2.27. The second-order valence-electron chi connectivity index (χ2n) is 5.39. The van der Waals surface area contributed by atoms with Gasteiger partial charge in [-0.3, -0.25) is 4.79 Å². The molecule has 0 spiro atoms. The van der Waals surface area contributed by atoms with E-state index in [9.17, 15) is 4.79 Å². The van der Waals surface area contributed by atoms with Crippen molar-refractivity contribution in [1.29, 1.82) is 0 Å². The lowest BCUT2D eigenvalue weighted by atomic mass is 10.2. The van der Waals surface area contributed by atoms with E-state index >= 15 is 0 Å². The maximum Gasteiger partial charge on any atom is 0.246 e. The molecule has 2 N–H and O–H groups in total. The molecule has 134 valence electrons. The molecule has 2 aromatic carbocycles. The number of halogens is 1. The van der Waals surface area contributed by atoms with Gasteiger partial charge >= 0.3 is 0 Å². The molecule has 0 aromatic heterocycles. The molecule has 1 amide bonds. The first kappa shape index (κ1) is 18.9. The maximum atomic E-state index is 12.3. The lowest BCUT2D eigenvalue weighted by molar-refractivity contribution is -0.116. The van der Waals surface area contributed by atoms with Crippen molar-refractivity contribution in [2.24, 2.45) is 0 Å². The minimum atomic E-state index is -0.439. The number of rotatable bonds is 8. The van der Waals surface area contributed by atoms with E-state index in [1.165, 1.54) is 0 Å². The van der Waals surface area contributed by atoms with Crippen molar-refractivity contribution >= 4 is 28.9 Å². The van der Waals surface area contributed by atoms with E-state index in [4.69, 9.17) is 21.1 Å². The summed E-state index contributed by atoms with van der Waals surface area (Å²) in [6, 6.07) is 12.1. The molecule has 0 aliphatic heterocycles. The van der Waals surface area contributed by atoms with Crippen molar-refractivity contribution in [3.05, 3.63) is 47.5 Å². The van der Waals surface area contributed by atoms with Crippen LogP contribution in [0.25, 0.3) is 0 Å². The molecule has 0 unspecified atom stereocenters. The number of amides is 1. The largest absolute Gasteiger partial charge is 0.490 e. The topological polar surface area (TPSA) is 59.6 Å². The van der Waals surface area contributed by atoms with Gasteiger partial charge in [0.05, 0.1) is 13.2 Å². The highest BCUT2D eigenvalue weighted by atomic mass is 35.5. The Morgan fingerprint density at radius 3 is 2.44 bits per heavy atom. The van der Waals surface area contributed by atoms with Gasteiger partial charge in [0.2, 0.25) is 5.91 Å². The van der Waals surface area contributed by atoms with Crippen LogP contribution in [0.4, 0.5) is 11.4 Å². The van der Waals surface area contributed by atoms with Gasteiger partial charge in [-0.05, 0) is 51.1 Å². The highest BCUT2D eigenvalue weighted by molar-refractivity contribution is 6.30. The first-order valence-corrected chi connectivity index (χ1v) is 8.63. The molecule has 6 heteroatoms. The normalized spacial score (nSPS) is 11.5. The van der Waals surface area contributed by atoms with Crippen LogP contribution in [0.3, 0.4) is 0 Å². The van der Waals surface area contributed by atoms with E-state index in [1.54, 1.807) is 31.2 Å². The molecule has 1 atom stereocenters. The Kier molecular flexibility index (Phi) is 6.95. The molecule has 0 saturated carbocycles. The standard InChI is InChI=1S/C19H23ClN2O3/c1-4-24-17-10-9-16(12-18(17)25-5-2)21-13(3)19(23)22-15-8-6-7-14(20)11-15/h6-13,21H,4-5H2,1-3H3,(H,22,23)/t13-/m0/s1. The van der Waals surface area contributed by atoms with E-state index in [0.717, 1.165) is 5.69 Å². The summed E-state index contributed by atoms with van der Waals surface area (Å²) < 4.78 is 11.1. The number of anilines is 2. The first-order chi connectivity index (χ1) is 12.0. The van der Waals surface area contributed by atoms with E-state index in [2.05, 4.69) is 10.6 Å². The van der Waals surface area contributed by atoms with Crippen LogP contribution in [0.2, 0.25) is 5.02 Å². The third kappa shape index (κ3) is 5.57. The van der Waals surface area contributed by atoms with Crippen LogP contribution in [0.15, 0.2) is 42.5 Å². The van der Waals surface area contributed by atoms with Gasteiger partial charge in [0.25, 0.3) is 0 Å². The molecule has 0 fully saturated rings. The van der Waals surface area contributed by atoms with Crippen molar-refractivity contribution in [1.82, 2.24) is 0 Å². The molecule has 2 rings (SSSR count). The molecule has 0 heterocycles. The van der Waals surface area contributed by atoms with Gasteiger partial charge in [0, 0.05) is 22.5 Å². The predicted molar refractivity (Wildman–Crippen MR) is 102 cm³/mol. The van der Waals surface area contributed by atoms with Crippen LogP contribution in [0.5, 0.6) is 11.5 Å². The number of carbonyl (C=O) groups excluding carboxylic acids is 1. The van der Waals surface area contributed by atoms with Crippen LogP contribution in [0.1, 0.15) is 20.8 Å². The molecule has 2 aromatic rings. The third-order valence-corrected chi connectivity index (χ3v) is 3.65. The molecule has 0 aliphatic rings. The summed E-state index contributed by atoms with van der Waals surface area (Å²) in [6.07, 6.45) is 0. The average molecular weight is 363 g/mol. The van der Waals surface area contributed by atoms with Gasteiger partial charge in [-0.2, -0.15) is 0 Å². The third-order valence-electron chi connectivity index (χ3n) is 3.41. The Morgan fingerprint density at radius 2 is 1.76 bits per heavy atom. The van der Waals surface area contributed by atoms with Gasteiger partial charge in [-0.15, -0.1) is 0 Å². The Bertz CT molecular complexity index is 722. The second kappa shape index (κ2) is 9.18. The summed E-state index contributed by atoms with van der Waals surface area (Å²) in [5.74, 6) is 1.18. The smallest absolute Gasteiger partial charge is 0.246 e. The summed E-state index contributed by atoms with van der Waals surface area (Å²) in [5.41, 5.74) is 1.44. The molecule has 0 aliphatic carbocycles. The number of hydrogen-bond acceptors (Lipinski definition) is 4. The van der Waals surface area contributed by atoms with Crippen molar-refractivity contribution in [3.8, 4) is 11.5 Å². The minimum Gasteiger partial charge on any atom is -0.490 e. The van der Waals surface area contributed by atoms with Crippen molar-refractivity contribution in [3.63, 3.8) is 0 Å². The maximum absolute atomic E-state index is 12.3. The molecular weight excluding hydrogens is 340 g/mol. The zero-order valence-corrected chi connectivity index (χ0v) is 15.4. The summed E-state index contributed by atoms with van der Waals surface area (Å²) in [4.78, 5) is 12.3. The minimum absolute atomic E-state index is 0.158. The number of hydrogen-bond donors (Lipinski definition) is 2.